The summed E-state index contributed by atoms with van der Waals surface area (Å²) in [6, 6.07) is 10.0. The fourth-order valence-corrected chi connectivity index (χ4v) is 2.61. The summed E-state index contributed by atoms with van der Waals surface area (Å²) in [7, 11) is 1.91. The Balaban J connectivity index is 1.69. The van der Waals surface area contributed by atoms with Crippen LogP contribution in [0.3, 0.4) is 0 Å². The van der Waals surface area contributed by atoms with Crippen LogP contribution in [0.5, 0.6) is 0 Å². The molecule has 1 fully saturated rings. The lowest BCUT2D eigenvalue weighted by Gasteiger charge is -2.16. The predicted octanol–water partition coefficient (Wildman–Crippen LogP) is 1.93. The minimum Gasteiger partial charge on any atom is -0.348 e. The van der Waals surface area contributed by atoms with Crippen LogP contribution < -0.4 is 5.32 Å². The summed E-state index contributed by atoms with van der Waals surface area (Å²) < 4.78 is 1.90. The van der Waals surface area contributed by atoms with Crippen LogP contribution in [0.1, 0.15) is 36.0 Å². The second-order valence-electron chi connectivity index (χ2n) is 5.67. The van der Waals surface area contributed by atoms with E-state index in [1.165, 1.54) is 0 Å². The highest BCUT2D eigenvalue weighted by molar-refractivity contribution is 5.84. The maximum Gasteiger partial charge on any atom is 0.228 e. The summed E-state index contributed by atoms with van der Waals surface area (Å²) >= 11 is 0. The van der Waals surface area contributed by atoms with Crippen molar-refractivity contribution in [3.8, 4) is 0 Å². The molecule has 1 atom stereocenters. The van der Waals surface area contributed by atoms with E-state index >= 15 is 0 Å². The minimum absolute atomic E-state index is 0.0412. The fourth-order valence-electron chi connectivity index (χ4n) is 2.61. The molecule has 5 heteroatoms. The van der Waals surface area contributed by atoms with Gasteiger partial charge in [0.05, 0.1) is 12.5 Å². The Morgan fingerprint density at radius 3 is 2.62 bits per heavy atom. The average Bonchev–Trinajstić information content (AvgIpc) is 3.27. The molecule has 0 saturated heterocycles. The van der Waals surface area contributed by atoms with Gasteiger partial charge >= 0.3 is 0 Å². The molecule has 1 aliphatic carbocycles. The van der Waals surface area contributed by atoms with Crippen LogP contribution in [0.2, 0.25) is 0 Å². The average molecular weight is 284 g/mol. The SMILES string of the molecule is Cc1nnc(CNC(=O)C(c2ccccc2)C2CC2)n1C. The van der Waals surface area contributed by atoms with Crippen LogP contribution in [0.25, 0.3) is 0 Å². The number of carbonyl (C=O) groups is 1. The second kappa shape index (κ2) is 5.68. The molecule has 5 nitrogen and oxygen atoms in total. The Morgan fingerprint density at radius 1 is 1.33 bits per heavy atom. The first-order chi connectivity index (χ1) is 10.2. The number of hydrogen-bond acceptors (Lipinski definition) is 3. The molecule has 1 heterocycles. The number of rotatable bonds is 5. The van der Waals surface area contributed by atoms with Crippen LogP contribution in [0.4, 0.5) is 0 Å². The number of benzene rings is 1. The van der Waals surface area contributed by atoms with Crippen LogP contribution >= 0.6 is 0 Å². The van der Waals surface area contributed by atoms with Gasteiger partial charge in [-0.3, -0.25) is 4.79 Å². The van der Waals surface area contributed by atoms with E-state index in [-0.39, 0.29) is 11.8 Å². The summed E-state index contributed by atoms with van der Waals surface area (Å²) in [4.78, 5) is 12.5. The van der Waals surface area contributed by atoms with E-state index in [0.717, 1.165) is 30.1 Å². The molecular formula is C16H20N4O. The summed E-state index contributed by atoms with van der Waals surface area (Å²) in [5, 5.41) is 11.1. The van der Waals surface area contributed by atoms with Gasteiger partial charge in [0.15, 0.2) is 5.82 Å². The molecule has 110 valence electrons. The molecular weight excluding hydrogens is 264 g/mol. The van der Waals surface area contributed by atoms with Gasteiger partial charge in [0.2, 0.25) is 5.91 Å². The van der Waals surface area contributed by atoms with E-state index in [1.54, 1.807) is 0 Å². The van der Waals surface area contributed by atoms with Gasteiger partial charge in [-0.25, -0.2) is 0 Å². The first kappa shape index (κ1) is 13.8. The van der Waals surface area contributed by atoms with Gasteiger partial charge in [0, 0.05) is 7.05 Å². The third-order valence-electron chi connectivity index (χ3n) is 4.14. The number of aryl methyl sites for hydroxylation is 1. The van der Waals surface area contributed by atoms with E-state index in [4.69, 9.17) is 0 Å². The van der Waals surface area contributed by atoms with Crippen molar-refractivity contribution in [2.75, 3.05) is 0 Å². The largest absolute Gasteiger partial charge is 0.348 e. The van der Waals surface area contributed by atoms with E-state index in [9.17, 15) is 4.79 Å². The molecule has 1 N–H and O–H groups in total. The molecule has 21 heavy (non-hydrogen) atoms. The fraction of sp³-hybridized carbons (Fsp3) is 0.438. The number of hydrogen-bond donors (Lipinski definition) is 1. The van der Waals surface area contributed by atoms with Crippen molar-refractivity contribution < 1.29 is 4.79 Å². The number of nitrogens with zero attached hydrogens (tertiary/aromatic N) is 3. The van der Waals surface area contributed by atoms with Crippen molar-refractivity contribution in [1.29, 1.82) is 0 Å². The zero-order chi connectivity index (χ0) is 14.8. The van der Waals surface area contributed by atoms with Crippen molar-refractivity contribution in [2.24, 2.45) is 13.0 Å². The first-order valence-corrected chi connectivity index (χ1v) is 7.34. The molecule has 0 spiro atoms. The van der Waals surface area contributed by atoms with Crippen molar-refractivity contribution in [3.63, 3.8) is 0 Å². The van der Waals surface area contributed by atoms with Gasteiger partial charge in [-0.15, -0.1) is 10.2 Å². The van der Waals surface area contributed by atoms with E-state index < -0.39 is 0 Å². The van der Waals surface area contributed by atoms with Crippen molar-refractivity contribution >= 4 is 5.91 Å². The second-order valence-corrected chi connectivity index (χ2v) is 5.67. The minimum atomic E-state index is -0.0412. The molecule has 1 aromatic heterocycles. The van der Waals surface area contributed by atoms with E-state index in [2.05, 4.69) is 15.5 Å². The van der Waals surface area contributed by atoms with Gasteiger partial charge in [0.1, 0.15) is 5.82 Å². The maximum atomic E-state index is 12.5. The highest BCUT2D eigenvalue weighted by atomic mass is 16.1. The van der Waals surface area contributed by atoms with Gasteiger partial charge in [-0.2, -0.15) is 0 Å². The molecule has 3 rings (SSSR count). The lowest BCUT2D eigenvalue weighted by Crippen LogP contribution is -2.31. The van der Waals surface area contributed by atoms with Crippen LogP contribution in [-0.2, 0) is 18.4 Å². The zero-order valence-electron chi connectivity index (χ0n) is 12.4. The maximum absolute atomic E-state index is 12.5. The third kappa shape index (κ3) is 2.96. The number of nitrogens with one attached hydrogen (secondary N) is 1. The Kier molecular flexibility index (Phi) is 3.73. The topological polar surface area (TPSA) is 59.8 Å². The lowest BCUT2D eigenvalue weighted by atomic mass is 9.93. The number of amides is 1. The Labute approximate surface area is 124 Å². The van der Waals surface area contributed by atoms with Crippen LogP contribution in [-0.4, -0.2) is 20.7 Å². The van der Waals surface area contributed by atoms with Gasteiger partial charge in [-0.1, -0.05) is 30.3 Å². The Hall–Kier alpha value is -2.17. The summed E-state index contributed by atoms with van der Waals surface area (Å²) in [5.41, 5.74) is 1.10. The summed E-state index contributed by atoms with van der Waals surface area (Å²) in [6.45, 7) is 2.32. The molecule has 0 aliphatic heterocycles. The zero-order valence-corrected chi connectivity index (χ0v) is 12.4. The highest BCUT2D eigenvalue weighted by Gasteiger charge is 2.37. The molecule has 1 saturated carbocycles. The van der Waals surface area contributed by atoms with E-state index in [0.29, 0.717) is 12.5 Å². The monoisotopic (exact) mass is 284 g/mol. The lowest BCUT2D eigenvalue weighted by molar-refractivity contribution is -0.123. The van der Waals surface area contributed by atoms with Crippen LogP contribution in [0, 0.1) is 12.8 Å². The van der Waals surface area contributed by atoms with Crippen molar-refractivity contribution in [2.45, 2.75) is 32.2 Å². The van der Waals surface area contributed by atoms with Crippen molar-refractivity contribution in [3.05, 3.63) is 47.5 Å². The number of aromatic nitrogens is 3. The Bertz CT molecular complexity index is 631. The highest BCUT2D eigenvalue weighted by Crippen LogP contribution is 2.42. The number of carbonyl (C=O) groups excluding carboxylic acids is 1. The molecule has 2 aromatic rings. The summed E-state index contributed by atoms with van der Waals surface area (Å²) in [6.07, 6.45) is 2.27. The standard InChI is InChI=1S/C16H20N4O/c1-11-18-19-14(20(11)2)10-17-16(21)15(13-8-9-13)12-6-4-3-5-7-12/h3-7,13,15H,8-10H2,1-2H3,(H,17,21). The summed E-state index contributed by atoms with van der Waals surface area (Å²) in [5.74, 6) is 2.16. The van der Waals surface area contributed by atoms with Crippen LogP contribution in [0.15, 0.2) is 30.3 Å². The molecule has 0 radical (unpaired) electrons. The molecule has 1 amide bonds. The molecule has 1 aromatic carbocycles. The smallest absolute Gasteiger partial charge is 0.228 e. The quantitative estimate of drug-likeness (QED) is 0.912. The van der Waals surface area contributed by atoms with Crippen molar-refractivity contribution in [1.82, 2.24) is 20.1 Å². The normalized spacial score (nSPS) is 15.7. The molecule has 1 aliphatic rings. The van der Waals surface area contributed by atoms with Gasteiger partial charge in [-0.05, 0) is 31.2 Å². The Morgan fingerprint density at radius 2 is 2.05 bits per heavy atom. The third-order valence-corrected chi connectivity index (χ3v) is 4.14. The predicted molar refractivity (Wildman–Crippen MR) is 79.5 cm³/mol. The molecule has 1 unspecified atom stereocenters. The van der Waals surface area contributed by atoms with E-state index in [1.807, 2.05) is 48.9 Å². The van der Waals surface area contributed by atoms with Gasteiger partial charge < -0.3 is 9.88 Å². The van der Waals surface area contributed by atoms with Gasteiger partial charge in [0.25, 0.3) is 0 Å². The molecule has 0 bridgehead atoms. The first-order valence-electron chi connectivity index (χ1n) is 7.34.